The summed E-state index contributed by atoms with van der Waals surface area (Å²) < 4.78 is 6.04. The summed E-state index contributed by atoms with van der Waals surface area (Å²) in [4.78, 5) is 0. The second kappa shape index (κ2) is 8.08. The first-order valence-electron chi connectivity index (χ1n) is 12.9. The molecule has 0 unspecified atom stereocenters. The maximum Gasteiger partial charge on any atom is 0.128 e. The molecule has 0 saturated heterocycles. The van der Waals surface area contributed by atoms with Crippen molar-refractivity contribution in [2.45, 2.75) is 26.2 Å². The molecule has 0 saturated carbocycles. The number of hydrogen-bond donors (Lipinski definition) is 0. The van der Waals surface area contributed by atoms with Gasteiger partial charge in [0.1, 0.15) is 11.5 Å². The minimum absolute atomic E-state index is 0.127. The van der Waals surface area contributed by atoms with Gasteiger partial charge in [-0.15, -0.1) is 0 Å². The maximum atomic E-state index is 6.04. The van der Waals surface area contributed by atoms with Crippen molar-refractivity contribution in [3.63, 3.8) is 0 Å². The molecule has 37 heavy (non-hydrogen) atoms. The van der Waals surface area contributed by atoms with Crippen LogP contribution in [0.25, 0.3) is 54.2 Å². The summed E-state index contributed by atoms with van der Waals surface area (Å²) in [6, 6.07) is 41.5. The molecule has 0 aromatic heterocycles. The van der Waals surface area contributed by atoms with Crippen LogP contribution in [-0.4, -0.2) is 0 Å². The molecule has 7 aromatic rings. The summed E-state index contributed by atoms with van der Waals surface area (Å²) in [5.41, 5.74) is 3.98. The molecule has 7 aromatic carbocycles. The van der Waals surface area contributed by atoms with Crippen molar-refractivity contribution in [3.8, 4) is 22.6 Å². The molecule has 0 atom stereocenters. The minimum Gasteiger partial charge on any atom is -0.457 e. The van der Waals surface area contributed by atoms with Crippen LogP contribution in [0, 0.1) is 0 Å². The molecule has 0 heterocycles. The lowest BCUT2D eigenvalue weighted by Gasteiger charge is -2.21. The molecule has 1 nitrogen and oxygen atoms in total. The first-order valence-corrected chi connectivity index (χ1v) is 12.9. The highest BCUT2D eigenvalue weighted by atomic mass is 16.5. The Morgan fingerprint density at radius 2 is 0.946 bits per heavy atom. The standard InChI is InChI=1S/C36H28O/c1-36(2,3)31-20-28-13-11-26-18-30(19-27-12-14-29(21-31)35(28)34(26)27)24-9-10-25-22-33(16-15-23(25)17-24)37-32-7-5-4-6-8-32/h4-22H,1-3H3. The van der Waals surface area contributed by atoms with Crippen molar-refractivity contribution in [2.24, 2.45) is 0 Å². The van der Waals surface area contributed by atoms with Crippen LogP contribution in [0.2, 0.25) is 0 Å². The molecule has 0 bridgehead atoms. The third kappa shape index (κ3) is 3.79. The number of fused-ring (bicyclic) bond motifs is 1. The van der Waals surface area contributed by atoms with Crippen molar-refractivity contribution in [1.82, 2.24) is 0 Å². The van der Waals surface area contributed by atoms with E-state index in [1.54, 1.807) is 0 Å². The summed E-state index contributed by atoms with van der Waals surface area (Å²) in [7, 11) is 0. The topological polar surface area (TPSA) is 9.23 Å². The van der Waals surface area contributed by atoms with Gasteiger partial charge in [-0.1, -0.05) is 93.6 Å². The van der Waals surface area contributed by atoms with E-state index in [0.29, 0.717) is 0 Å². The molecule has 0 aliphatic heterocycles. The fraction of sp³-hybridized carbons (Fsp3) is 0.111. The van der Waals surface area contributed by atoms with Crippen molar-refractivity contribution in [1.29, 1.82) is 0 Å². The molecule has 0 radical (unpaired) electrons. The molecule has 7 rings (SSSR count). The number of benzene rings is 7. The van der Waals surface area contributed by atoms with E-state index in [9.17, 15) is 0 Å². The van der Waals surface area contributed by atoms with Crippen LogP contribution in [0.15, 0.2) is 115 Å². The van der Waals surface area contributed by atoms with E-state index in [4.69, 9.17) is 4.74 Å². The second-order valence-electron chi connectivity index (χ2n) is 11.1. The summed E-state index contributed by atoms with van der Waals surface area (Å²) in [5.74, 6) is 1.70. The molecule has 178 valence electrons. The Morgan fingerprint density at radius 3 is 1.57 bits per heavy atom. The lowest BCUT2D eigenvalue weighted by Crippen LogP contribution is -2.10. The molecular formula is C36H28O. The van der Waals surface area contributed by atoms with E-state index in [1.165, 1.54) is 59.8 Å². The smallest absolute Gasteiger partial charge is 0.128 e. The third-order valence-corrected chi connectivity index (χ3v) is 7.52. The van der Waals surface area contributed by atoms with Gasteiger partial charge in [0.25, 0.3) is 0 Å². The maximum absolute atomic E-state index is 6.04. The lowest BCUT2D eigenvalue weighted by atomic mass is 9.83. The summed E-state index contributed by atoms with van der Waals surface area (Å²) in [5, 5.41) is 10.4. The Hall–Kier alpha value is -4.36. The van der Waals surface area contributed by atoms with E-state index in [1.807, 2.05) is 36.4 Å². The zero-order valence-electron chi connectivity index (χ0n) is 21.4. The molecule has 0 aliphatic rings. The van der Waals surface area contributed by atoms with Crippen LogP contribution in [0.1, 0.15) is 26.3 Å². The quantitative estimate of drug-likeness (QED) is 0.230. The SMILES string of the molecule is CC(C)(C)c1cc2ccc3cc(-c4ccc5cc(Oc6ccccc6)ccc5c4)cc4ccc(c1)c2c34. The summed E-state index contributed by atoms with van der Waals surface area (Å²) in [6.07, 6.45) is 0. The zero-order chi connectivity index (χ0) is 25.1. The normalized spacial score (nSPS) is 12.2. The van der Waals surface area contributed by atoms with Gasteiger partial charge < -0.3 is 4.74 Å². The van der Waals surface area contributed by atoms with Gasteiger partial charge in [-0.3, -0.25) is 0 Å². The highest BCUT2D eigenvalue weighted by molar-refractivity contribution is 6.24. The average Bonchev–Trinajstić information content (AvgIpc) is 2.91. The van der Waals surface area contributed by atoms with Crippen molar-refractivity contribution < 1.29 is 4.74 Å². The van der Waals surface area contributed by atoms with Gasteiger partial charge >= 0.3 is 0 Å². The van der Waals surface area contributed by atoms with Crippen molar-refractivity contribution in [2.75, 3.05) is 0 Å². The molecule has 0 N–H and O–H groups in total. The summed E-state index contributed by atoms with van der Waals surface area (Å²) >= 11 is 0. The molecule has 0 amide bonds. The van der Waals surface area contributed by atoms with Gasteiger partial charge in [-0.05, 0) is 108 Å². The van der Waals surface area contributed by atoms with Gasteiger partial charge in [-0.25, -0.2) is 0 Å². The highest BCUT2D eigenvalue weighted by Gasteiger charge is 2.17. The van der Waals surface area contributed by atoms with Gasteiger partial charge in [0.05, 0.1) is 0 Å². The number of ether oxygens (including phenoxy) is 1. The largest absolute Gasteiger partial charge is 0.457 e. The Labute approximate surface area is 217 Å². The van der Waals surface area contributed by atoms with E-state index in [2.05, 4.69) is 99.6 Å². The molecule has 1 heteroatoms. The van der Waals surface area contributed by atoms with Crippen molar-refractivity contribution in [3.05, 3.63) is 121 Å². The van der Waals surface area contributed by atoms with Gasteiger partial charge in [-0.2, -0.15) is 0 Å². The second-order valence-corrected chi connectivity index (χ2v) is 11.1. The third-order valence-electron chi connectivity index (χ3n) is 7.52. The van der Waals surface area contributed by atoms with Crippen LogP contribution in [0.3, 0.4) is 0 Å². The van der Waals surface area contributed by atoms with Crippen LogP contribution in [0.5, 0.6) is 11.5 Å². The molecular weight excluding hydrogens is 448 g/mol. The Kier molecular flexibility index (Phi) is 4.78. The van der Waals surface area contributed by atoms with Crippen LogP contribution in [-0.2, 0) is 5.41 Å². The average molecular weight is 477 g/mol. The van der Waals surface area contributed by atoms with Crippen LogP contribution in [0.4, 0.5) is 0 Å². The van der Waals surface area contributed by atoms with E-state index in [0.717, 1.165) is 11.5 Å². The molecule has 0 fully saturated rings. The van der Waals surface area contributed by atoms with Gasteiger partial charge in [0.15, 0.2) is 0 Å². The number of hydrogen-bond acceptors (Lipinski definition) is 1. The Bertz CT molecular complexity index is 1860. The van der Waals surface area contributed by atoms with Crippen molar-refractivity contribution >= 4 is 43.1 Å². The number of para-hydroxylation sites is 1. The van der Waals surface area contributed by atoms with E-state index < -0.39 is 0 Å². The fourth-order valence-electron chi connectivity index (χ4n) is 5.53. The lowest BCUT2D eigenvalue weighted by molar-refractivity contribution is 0.483. The Morgan fingerprint density at radius 1 is 0.432 bits per heavy atom. The van der Waals surface area contributed by atoms with Gasteiger partial charge in [0, 0.05) is 0 Å². The predicted octanol–water partition coefficient (Wildman–Crippen LogP) is 10.5. The van der Waals surface area contributed by atoms with E-state index >= 15 is 0 Å². The van der Waals surface area contributed by atoms with E-state index in [-0.39, 0.29) is 5.41 Å². The van der Waals surface area contributed by atoms with Gasteiger partial charge in [0.2, 0.25) is 0 Å². The molecule has 0 spiro atoms. The monoisotopic (exact) mass is 476 g/mol. The fourth-order valence-corrected chi connectivity index (χ4v) is 5.53. The molecule has 0 aliphatic carbocycles. The van der Waals surface area contributed by atoms with Crippen LogP contribution < -0.4 is 4.74 Å². The Balaban J connectivity index is 1.31. The first kappa shape index (κ1) is 21.9. The zero-order valence-corrected chi connectivity index (χ0v) is 21.4. The highest BCUT2D eigenvalue weighted by Crippen LogP contribution is 2.40. The minimum atomic E-state index is 0.127. The predicted molar refractivity (Wildman–Crippen MR) is 158 cm³/mol. The number of rotatable bonds is 3. The van der Waals surface area contributed by atoms with Crippen LogP contribution >= 0.6 is 0 Å². The summed E-state index contributed by atoms with van der Waals surface area (Å²) in [6.45, 7) is 6.85. The first-order chi connectivity index (χ1) is 17.9.